The van der Waals surface area contributed by atoms with Gasteiger partial charge in [0.25, 0.3) is 0 Å². The third kappa shape index (κ3) is 3.99. The molecule has 6 nitrogen and oxygen atoms in total. The van der Waals surface area contributed by atoms with Crippen molar-refractivity contribution < 1.29 is 13.7 Å². The molecule has 0 aliphatic rings. The van der Waals surface area contributed by atoms with Gasteiger partial charge in [-0.15, -0.1) is 0 Å². The van der Waals surface area contributed by atoms with Crippen LogP contribution in [-0.2, 0) is 15.5 Å². The van der Waals surface area contributed by atoms with E-state index in [2.05, 4.69) is 15.0 Å². The van der Waals surface area contributed by atoms with Crippen LogP contribution >= 0.6 is 0 Å². The standard InChI is InChI=1S/C11H17N3O3S/c1-7(6-18(3)16)14-10-4-8(11(15)17-2)9(12)5-13-10/h4-5,7H,6,12H2,1-3H3,(H,13,14). The molecular weight excluding hydrogens is 254 g/mol. The number of aromatic nitrogens is 1. The van der Waals surface area contributed by atoms with E-state index in [4.69, 9.17) is 5.73 Å². The van der Waals surface area contributed by atoms with Crippen molar-refractivity contribution in [3.63, 3.8) is 0 Å². The molecule has 0 aromatic carbocycles. The van der Waals surface area contributed by atoms with E-state index in [1.165, 1.54) is 19.4 Å². The van der Waals surface area contributed by atoms with Crippen LogP contribution in [0.15, 0.2) is 12.3 Å². The van der Waals surface area contributed by atoms with Crippen molar-refractivity contribution in [1.29, 1.82) is 0 Å². The van der Waals surface area contributed by atoms with E-state index in [0.717, 1.165) is 0 Å². The number of ether oxygens (including phenoxy) is 1. The maximum atomic E-state index is 11.4. The minimum atomic E-state index is -0.896. The maximum Gasteiger partial charge on any atom is 0.340 e. The predicted octanol–water partition coefficient (Wildman–Crippen LogP) is 0.629. The van der Waals surface area contributed by atoms with Gasteiger partial charge in [-0.05, 0) is 13.0 Å². The molecule has 2 unspecified atom stereocenters. The lowest BCUT2D eigenvalue weighted by Crippen LogP contribution is -2.23. The van der Waals surface area contributed by atoms with E-state index >= 15 is 0 Å². The highest BCUT2D eigenvalue weighted by Gasteiger charge is 2.13. The molecule has 100 valence electrons. The van der Waals surface area contributed by atoms with Gasteiger partial charge in [0.2, 0.25) is 0 Å². The van der Waals surface area contributed by atoms with E-state index < -0.39 is 16.8 Å². The highest BCUT2D eigenvalue weighted by molar-refractivity contribution is 7.84. The first-order valence-electron chi connectivity index (χ1n) is 5.34. The van der Waals surface area contributed by atoms with Gasteiger partial charge in [0.05, 0.1) is 24.6 Å². The van der Waals surface area contributed by atoms with Crippen molar-refractivity contribution >= 4 is 28.3 Å². The highest BCUT2D eigenvalue weighted by Crippen LogP contribution is 2.16. The molecule has 0 aliphatic heterocycles. The summed E-state index contributed by atoms with van der Waals surface area (Å²) in [6, 6.07) is 1.51. The van der Waals surface area contributed by atoms with Gasteiger partial charge < -0.3 is 15.8 Å². The van der Waals surface area contributed by atoms with Crippen LogP contribution in [0.2, 0.25) is 0 Å². The number of hydrogen-bond acceptors (Lipinski definition) is 6. The number of anilines is 2. The average Bonchev–Trinajstić information content (AvgIpc) is 2.29. The molecule has 0 amide bonds. The Morgan fingerprint density at radius 2 is 2.33 bits per heavy atom. The zero-order valence-electron chi connectivity index (χ0n) is 10.6. The first-order chi connectivity index (χ1) is 8.43. The van der Waals surface area contributed by atoms with Crippen LogP contribution in [0.1, 0.15) is 17.3 Å². The Morgan fingerprint density at radius 1 is 1.67 bits per heavy atom. The average molecular weight is 271 g/mol. The number of methoxy groups -OCH3 is 1. The molecule has 1 aromatic rings. The second-order valence-corrected chi connectivity index (χ2v) is 5.41. The molecular formula is C11H17N3O3S. The molecule has 1 heterocycles. The van der Waals surface area contributed by atoms with Gasteiger partial charge in [-0.2, -0.15) is 0 Å². The number of esters is 1. The number of nitrogen functional groups attached to an aromatic ring is 1. The number of nitrogens with zero attached hydrogens (tertiary/aromatic N) is 1. The summed E-state index contributed by atoms with van der Waals surface area (Å²) in [5.41, 5.74) is 6.16. The summed E-state index contributed by atoms with van der Waals surface area (Å²) in [6.45, 7) is 1.89. The number of carbonyl (C=O) groups excluding carboxylic acids is 1. The fourth-order valence-electron chi connectivity index (χ4n) is 1.48. The third-order valence-corrected chi connectivity index (χ3v) is 3.19. The fourth-order valence-corrected chi connectivity index (χ4v) is 2.27. The Balaban J connectivity index is 2.85. The molecule has 1 rings (SSSR count). The Bertz CT molecular complexity index is 465. The summed E-state index contributed by atoms with van der Waals surface area (Å²) in [4.78, 5) is 15.5. The minimum absolute atomic E-state index is 0.0162. The summed E-state index contributed by atoms with van der Waals surface area (Å²) in [5.74, 6) is 0.492. The molecule has 7 heteroatoms. The monoisotopic (exact) mass is 271 g/mol. The number of rotatable bonds is 5. The second-order valence-electron chi connectivity index (χ2n) is 3.93. The number of nitrogens with one attached hydrogen (secondary N) is 1. The van der Waals surface area contributed by atoms with Gasteiger partial charge in [0, 0.05) is 28.9 Å². The Kier molecular flexibility index (Phi) is 5.08. The van der Waals surface area contributed by atoms with Gasteiger partial charge in [-0.25, -0.2) is 9.78 Å². The SMILES string of the molecule is COC(=O)c1cc(NC(C)CS(C)=O)ncc1N. The molecule has 0 radical (unpaired) electrons. The lowest BCUT2D eigenvalue weighted by molar-refractivity contribution is 0.0602. The van der Waals surface area contributed by atoms with Gasteiger partial charge in [-0.1, -0.05) is 0 Å². The molecule has 2 atom stereocenters. The molecule has 1 aromatic heterocycles. The number of nitrogens with two attached hydrogens (primary N) is 1. The number of hydrogen-bond donors (Lipinski definition) is 2. The van der Waals surface area contributed by atoms with E-state index in [0.29, 0.717) is 11.6 Å². The number of pyridine rings is 1. The zero-order valence-corrected chi connectivity index (χ0v) is 11.4. The van der Waals surface area contributed by atoms with Crippen LogP contribution < -0.4 is 11.1 Å². The van der Waals surface area contributed by atoms with Gasteiger partial charge >= 0.3 is 5.97 Å². The van der Waals surface area contributed by atoms with E-state index in [1.807, 2.05) is 6.92 Å². The summed E-state index contributed by atoms with van der Waals surface area (Å²) < 4.78 is 15.7. The normalized spacial score (nSPS) is 13.7. The molecule has 0 aliphatic carbocycles. The quantitative estimate of drug-likeness (QED) is 0.763. The predicted molar refractivity (Wildman–Crippen MR) is 72.0 cm³/mol. The molecule has 0 saturated heterocycles. The lowest BCUT2D eigenvalue weighted by Gasteiger charge is -2.14. The second kappa shape index (κ2) is 6.34. The van der Waals surface area contributed by atoms with E-state index in [-0.39, 0.29) is 17.3 Å². The lowest BCUT2D eigenvalue weighted by atomic mass is 10.2. The Morgan fingerprint density at radius 3 is 2.89 bits per heavy atom. The van der Waals surface area contributed by atoms with Crippen LogP contribution in [0, 0.1) is 0 Å². The fraction of sp³-hybridized carbons (Fsp3) is 0.455. The van der Waals surface area contributed by atoms with Crippen LogP contribution in [0.25, 0.3) is 0 Å². The van der Waals surface area contributed by atoms with Crippen LogP contribution in [-0.4, -0.2) is 40.3 Å². The number of carbonyl (C=O) groups is 1. The topological polar surface area (TPSA) is 94.3 Å². The van der Waals surface area contributed by atoms with Gasteiger partial charge in [-0.3, -0.25) is 4.21 Å². The summed E-state index contributed by atoms with van der Waals surface area (Å²) >= 11 is 0. The van der Waals surface area contributed by atoms with Crippen molar-refractivity contribution in [2.75, 3.05) is 30.2 Å². The van der Waals surface area contributed by atoms with Crippen molar-refractivity contribution in [3.05, 3.63) is 17.8 Å². The van der Waals surface area contributed by atoms with Gasteiger partial charge in [0.1, 0.15) is 5.82 Å². The van der Waals surface area contributed by atoms with Crippen molar-refractivity contribution in [1.82, 2.24) is 4.98 Å². The highest BCUT2D eigenvalue weighted by atomic mass is 32.2. The largest absolute Gasteiger partial charge is 0.465 e. The zero-order chi connectivity index (χ0) is 13.7. The first-order valence-corrected chi connectivity index (χ1v) is 7.07. The van der Waals surface area contributed by atoms with Crippen molar-refractivity contribution in [2.45, 2.75) is 13.0 Å². The Labute approximate surface area is 108 Å². The van der Waals surface area contributed by atoms with Crippen LogP contribution in [0.4, 0.5) is 11.5 Å². The molecule has 0 bridgehead atoms. The summed E-state index contributed by atoms with van der Waals surface area (Å²) in [6.07, 6.45) is 3.03. The first kappa shape index (κ1) is 14.4. The molecule has 0 spiro atoms. The smallest absolute Gasteiger partial charge is 0.340 e. The van der Waals surface area contributed by atoms with Crippen molar-refractivity contribution in [2.24, 2.45) is 0 Å². The molecule has 0 saturated carbocycles. The summed E-state index contributed by atoms with van der Waals surface area (Å²) in [7, 11) is 0.394. The Hall–Kier alpha value is -1.63. The van der Waals surface area contributed by atoms with Crippen molar-refractivity contribution in [3.8, 4) is 0 Å². The molecule has 0 fully saturated rings. The molecule has 18 heavy (non-hydrogen) atoms. The van der Waals surface area contributed by atoms with Gasteiger partial charge in [0.15, 0.2) is 0 Å². The summed E-state index contributed by atoms with van der Waals surface area (Å²) in [5, 5.41) is 3.05. The molecule has 3 N–H and O–H groups in total. The van der Waals surface area contributed by atoms with Crippen LogP contribution in [0.5, 0.6) is 0 Å². The third-order valence-electron chi connectivity index (χ3n) is 2.22. The van der Waals surface area contributed by atoms with E-state index in [1.54, 1.807) is 6.26 Å². The minimum Gasteiger partial charge on any atom is -0.465 e. The van der Waals surface area contributed by atoms with Crippen LogP contribution in [0.3, 0.4) is 0 Å². The van der Waals surface area contributed by atoms with E-state index in [9.17, 15) is 9.00 Å². The maximum absolute atomic E-state index is 11.4.